The first-order valence-electron chi connectivity index (χ1n) is 8.48. The SMILES string of the molecule is N#Cc1cc(NC(=O)c2cc3ccc(=O)n(-c4ccc(F)cc4)c3[nH]2)ccc1F. The number of hydrogen-bond donors (Lipinski definition) is 2. The Bertz CT molecular complexity index is 1350. The molecule has 8 heteroatoms. The van der Waals surface area contributed by atoms with E-state index in [1.807, 2.05) is 0 Å². The van der Waals surface area contributed by atoms with E-state index in [0.717, 1.165) is 6.07 Å². The third-order valence-electron chi connectivity index (χ3n) is 4.35. The minimum Gasteiger partial charge on any atom is -0.336 e. The number of anilines is 1. The van der Waals surface area contributed by atoms with Gasteiger partial charge in [-0.25, -0.2) is 8.78 Å². The number of pyridine rings is 1. The van der Waals surface area contributed by atoms with Gasteiger partial charge in [-0.15, -0.1) is 0 Å². The molecule has 0 bridgehead atoms. The smallest absolute Gasteiger partial charge is 0.272 e. The van der Waals surface area contributed by atoms with Crippen LogP contribution in [0.3, 0.4) is 0 Å². The number of nitriles is 1. The van der Waals surface area contributed by atoms with Gasteiger partial charge in [0.2, 0.25) is 0 Å². The normalized spacial score (nSPS) is 10.7. The number of carbonyl (C=O) groups excluding carboxylic acids is 1. The Kier molecular flexibility index (Phi) is 4.41. The molecule has 1 amide bonds. The van der Waals surface area contributed by atoms with E-state index in [1.165, 1.54) is 47.0 Å². The molecule has 0 saturated carbocycles. The van der Waals surface area contributed by atoms with Crippen molar-refractivity contribution in [1.29, 1.82) is 5.26 Å². The van der Waals surface area contributed by atoms with E-state index < -0.39 is 17.5 Å². The molecule has 0 saturated heterocycles. The van der Waals surface area contributed by atoms with Crippen molar-refractivity contribution >= 4 is 22.6 Å². The summed E-state index contributed by atoms with van der Waals surface area (Å²) in [5.74, 6) is -1.65. The van der Waals surface area contributed by atoms with E-state index in [0.29, 0.717) is 16.7 Å². The van der Waals surface area contributed by atoms with Crippen LogP contribution >= 0.6 is 0 Å². The molecule has 0 aliphatic rings. The standard InChI is InChI=1S/C21H12F2N4O2/c22-14-2-5-16(6-3-14)27-19(28)8-1-12-10-18(26-20(12)27)21(29)25-15-4-7-17(23)13(9-15)11-24/h1-10,26H,(H,25,29). The first kappa shape index (κ1) is 18.1. The number of amides is 1. The second-order valence-corrected chi connectivity index (χ2v) is 6.23. The highest BCUT2D eigenvalue weighted by atomic mass is 19.1. The third kappa shape index (κ3) is 3.37. The summed E-state index contributed by atoms with van der Waals surface area (Å²) in [7, 11) is 0. The average Bonchev–Trinajstić information content (AvgIpc) is 3.15. The third-order valence-corrected chi connectivity index (χ3v) is 4.35. The van der Waals surface area contributed by atoms with Crippen molar-refractivity contribution in [1.82, 2.24) is 9.55 Å². The van der Waals surface area contributed by atoms with Crippen LogP contribution in [0.1, 0.15) is 16.1 Å². The van der Waals surface area contributed by atoms with Crippen molar-refractivity contribution in [2.75, 3.05) is 5.32 Å². The molecule has 6 nitrogen and oxygen atoms in total. The Hall–Kier alpha value is -4.25. The number of halogens is 2. The van der Waals surface area contributed by atoms with Crippen molar-refractivity contribution in [2.24, 2.45) is 0 Å². The second-order valence-electron chi connectivity index (χ2n) is 6.23. The topological polar surface area (TPSA) is 90.7 Å². The number of nitrogens with zero attached hydrogens (tertiary/aromatic N) is 2. The fourth-order valence-electron chi connectivity index (χ4n) is 2.97. The maximum absolute atomic E-state index is 13.4. The van der Waals surface area contributed by atoms with Gasteiger partial charge in [0.05, 0.1) is 11.3 Å². The molecule has 0 atom stereocenters. The minimum absolute atomic E-state index is 0.157. The maximum Gasteiger partial charge on any atom is 0.272 e. The van der Waals surface area contributed by atoms with Crippen LogP contribution in [0.15, 0.2) is 65.5 Å². The van der Waals surface area contributed by atoms with Crippen LogP contribution in [-0.4, -0.2) is 15.5 Å². The quantitative estimate of drug-likeness (QED) is 0.559. The molecule has 0 aliphatic heterocycles. The number of fused-ring (bicyclic) bond motifs is 1. The van der Waals surface area contributed by atoms with Gasteiger partial charge in [0, 0.05) is 17.1 Å². The number of rotatable bonds is 3. The number of nitrogens with one attached hydrogen (secondary N) is 2. The predicted octanol–water partition coefficient (Wildman–Crippen LogP) is 3.72. The summed E-state index contributed by atoms with van der Waals surface area (Å²) in [4.78, 5) is 27.9. The zero-order valence-electron chi connectivity index (χ0n) is 14.7. The second kappa shape index (κ2) is 7.05. The van der Waals surface area contributed by atoms with Gasteiger partial charge in [-0.05, 0) is 54.6 Å². The molecule has 0 unspecified atom stereocenters. The molecule has 4 rings (SSSR count). The molecule has 2 aromatic carbocycles. The van der Waals surface area contributed by atoms with E-state index in [-0.39, 0.29) is 22.5 Å². The lowest BCUT2D eigenvalue weighted by Crippen LogP contribution is -2.17. The fourth-order valence-corrected chi connectivity index (χ4v) is 2.97. The number of aromatic amines is 1. The minimum atomic E-state index is -0.681. The summed E-state index contributed by atoms with van der Waals surface area (Å²) in [6, 6.07) is 15.2. The van der Waals surface area contributed by atoms with E-state index in [1.54, 1.807) is 18.2 Å². The zero-order chi connectivity index (χ0) is 20.5. The number of H-pyrrole nitrogens is 1. The molecule has 2 heterocycles. The number of aromatic nitrogens is 2. The lowest BCUT2D eigenvalue weighted by Gasteiger charge is -2.07. The van der Waals surface area contributed by atoms with Crippen molar-refractivity contribution in [3.8, 4) is 11.8 Å². The van der Waals surface area contributed by atoms with Crippen LogP contribution in [0.2, 0.25) is 0 Å². The molecule has 0 radical (unpaired) electrons. The van der Waals surface area contributed by atoms with Crippen molar-refractivity contribution in [3.05, 3.63) is 93.9 Å². The molecule has 4 aromatic rings. The number of benzene rings is 2. The summed E-state index contributed by atoms with van der Waals surface area (Å²) in [5, 5.41) is 12.1. The fraction of sp³-hybridized carbons (Fsp3) is 0. The molecular formula is C21H12F2N4O2. The van der Waals surface area contributed by atoms with Crippen LogP contribution in [0, 0.1) is 23.0 Å². The Morgan fingerprint density at radius 3 is 2.52 bits per heavy atom. The Balaban J connectivity index is 1.73. The van der Waals surface area contributed by atoms with Crippen LogP contribution in [0.25, 0.3) is 16.7 Å². The Morgan fingerprint density at radius 1 is 1.03 bits per heavy atom. The van der Waals surface area contributed by atoms with E-state index in [2.05, 4.69) is 10.3 Å². The van der Waals surface area contributed by atoms with Gasteiger partial charge in [0.1, 0.15) is 29.0 Å². The Morgan fingerprint density at radius 2 is 1.79 bits per heavy atom. The Labute approximate surface area is 162 Å². The highest BCUT2D eigenvalue weighted by Crippen LogP contribution is 2.20. The molecule has 2 aromatic heterocycles. The largest absolute Gasteiger partial charge is 0.336 e. The monoisotopic (exact) mass is 390 g/mol. The summed E-state index contributed by atoms with van der Waals surface area (Å²) >= 11 is 0. The maximum atomic E-state index is 13.4. The van der Waals surface area contributed by atoms with Crippen molar-refractivity contribution in [3.63, 3.8) is 0 Å². The number of carbonyl (C=O) groups is 1. The lowest BCUT2D eigenvalue weighted by atomic mass is 10.2. The molecule has 142 valence electrons. The van der Waals surface area contributed by atoms with Crippen LogP contribution < -0.4 is 10.9 Å². The molecule has 2 N–H and O–H groups in total. The predicted molar refractivity (Wildman–Crippen MR) is 103 cm³/mol. The van der Waals surface area contributed by atoms with E-state index in [4.69, 9.17) is 5.26 Å². The molecular weight excluding hydrogens is 378 g/mol. The first-order chi connectivity index (χ1) is 14.0. The van der Waals surface area contributed by atoms with Gasteiger partial charge in [0.15, 0.2) is 0 Å². The van der Waals surface area contributed by atoms with Crippen LogP contribution in [-0.2, 0) is 0 Å². The average molecular weight is 390 g/mol. The van der Waals surface area contributed by atoms with Crippen molar-refractivity contribution < 1.29 is 13.6 Å². The van der Waals surface area contributed by atoms with Gasteiger partial charge in [-0.2, -0.15) is 5.26 Å². The highest BCUT2D eigenvalue weighted by molar-refractivity contribution is 6.05. The summed E-state index contributed by atoms with van der Waals surface area (Å²) in [6.07, 6.45) is 0. The van der Waals surface area contributed by atoms with Crippen LogP contribution in [0.4, 0.5) is 14.5 Å². The zero-order valence-corrected chi connectivity index (χ0v) is 14.7. The first-order valence-corrected chi connectivity index (χ1v) is 8.48. The molecule has 0 fully saturated rings. The van der Waals surface area contributed by atoms with Crippen molar-refractivity contribution in [2.45, 2.75) is 0 Å². The van der Waals surface area contributed by atoms with Gasteiger partial charge >= 0.3 is 0 Å². The molecule has 0 spiro atoms. The highest BCUT2D eigenvalue weighted by Gasteiger charge is 2.14. The van der Waals surface area contributed by atoms with E-state index >= 15 is 0 Å². The summed E-state index contributed by atoms with van der Waals surface area (Å²) in [5.41, 5.74) is 0.672. The lowest BCUT2D eigenvalue weighted by molar-refractivity contribution is 0.102. The summed E-state index contributed by atoms with van der Waals surface area (Å²) in [6.45, 7) is 0. The van der Waals surface area contributed by atoms with Gasteiger partial charge < -0.3 is 10.3 Å². The van der Waals surface area contributed by atoms with Crippen LogP contribution in [0.5, 0.6) is 0 Å². The van der Waals surface area contributed by atoms with E-state index in [9.17, 15) is 18.4 Å². The number of hydrogen-bond acceptors (Lipinski definition) is 3. The van der Waals surface area contributed by atoms with Gasteiger partial charge in [0.25, 0.3) is 11.5 Å². The summed E-state index contributed by atoms with van der Waals surface area (Å²) < 4.78 is 28.0. The molecule has 0 aliphatic carbocycles. The van der Waals surface area contributed by atoms with Gasteiger partial charge in [-0.3, -0.25) is 14.2 Å². The van der Waals surface area contributed by atoms with Gasteiger partial charge in [-0.1, -0.05) is 0 Å². The molecule has 29 heavy (non-hydrogen) atoms.